The van der Waals surface area contributed by atoms with Gasteiger partial charge in [-0.25, -0.2) is 4.98 Å². The summed E-state index contributed by atoms with van der Waals surface area (Å²) in [6, 6.07) is 54.9. The van der Waals surface area contributed by atoms with Gasteiger partial charge < -0.3 is 4.42 Å². The molecule has 0 aliphatic carbocycles. The number of furan rings is 1. The molecule has 2 nitrogen and oxygen atoms in total. The summed E-state index contributed by atoms with van der Waals surface area (Å²) in [7, 11) is 0. The van der Waals surface area contributed by atoms with Gasteiger partial charge >= 0.3 is 0 Å². The van der Waals surface area contributed by atoms with Gasteiger partial charge in [0, 0.05) is 62.1 Å². The van der Waals surface area contributed by atoms with Gasteiger partial charge in [-0.3, -0.25) is 0 Å². The van der Waals surface area contributed by atoms with E-state index < -0.39 is 0 Å². The van der Waals surface area contributed by atoms with E-state index in [1.807, 2.05) is 28.7 Å². The van der Waals surface area contributed by atoms with Crippen molar-refractivity contribution >= 4 is 95.9 Å². The average molecular weight is 660 g/mol. The second-order valence-electron chi connectivity index (χ2n) is 12.7. The molecule has 228 valence electrons. The Labute approximate surface area is 289 Å². The Morgan fingerprint density at radius 3 is 1.55 bits per heavy atom. The highest BCUT2D eigenvalue weighted by Gasteiger charge is 2.19. The van der Waals surface area contributed by atoms with E-state index in [4.69, 9.17) is 9.40 Å². The number of para-hydroxylation sites is 2. The molecule has 0 bridgehead atoms. The molecule has 11 rings (SSSR count). The molecule has 0 aliphatic rings. The fourth-order valence-corrected chi connectivity index (χ4v) is 9.71. The third kappa shape index (κ3) is 4.15. The number of aromatic nitrogens is 1. The Morgan fingerprint density at radius 1 is 0.388 bits per heavy atom. The van der Waals surface area contributed by atoms with Crippen LogP contribution in [0.3, 0.4) is 0 Å². The summed E-state index contributed by atoms with van der Waals surface area (Å²) in [6.45, 7) is 0. The number of pyridine rings is 1. The molecule has 0 saturated carbocycles. The molecule has 7 aromatic carbocycles. The highest BCUT2D eigenvalue weighted by Crippen LogP contribution is 2.43. The second kappa shape index (κ2) is 10.3. The first-order valence-electron chi connectivity index (χ1n) is 16.4. The van der Waals surface area contributed by atoms with Gasteiger partial charge in [0.1, 0.15) is 11.3 Å². The van der Waals surface area contributed by atoms with E-state index >= 15 is 0 Å². The first-order valence-corrected chi connectivity index (χ1v) is 18.1. The SMILES string of the molecule is c1ccc2c(c1)nc(-c1cc(-c3ccc4sc5ccccc5c4c3)cc(-c3ccc4sc5ccccc5c4c3)c1)c1oc3ccccc3c12. The summed E-state index contributed by atoms with van der Waals surface area (Å²) < 4.78 is 11.9. The van der Waals surface area contributed by atoms with Gasteiger partial charge in [0.2, 0.25) is 0 Å². The Morgan fingerprint density at radius 2 is 0.898 bits per heavy atom. The summed E-state index contributed by atoms with van der Waals surface area (Å²) in [4.78, 5) is 5.31. The van der Waals surface area contributed by atoms with E-state index in [0.29, 0.717) is 0 Å². The van der Waals surface area contributed by atoms with Crippen molar-refractivity contribution in [2.45, 2.75) is 0 Å². The largest absolute Gasteiger partial charge is 0.454 e. The van der Waals surface area contributed by atoms with Gasteiger partial charge in [-0.15, -0.1) is 22.7 Å². The zero-order valence-corrected chi connectivity index (χ0v) is 27.7. The van der Waals surface area contributed by atoms with Crippen molar-refractivity contribution in [2.24, 2.45) is 0 Å². The molecule has 4 aromatic heterocycles. The summed E-state index contributed by atoms with van der Waals surface area (Å²) in [6.07, 6.45) is 0. The first-order chi connectivity index (χ1) is 24.2. The molecule has 4 heterocycles. The van der Waals surface area contributed by atoms with Gasteiger partial charge in [0.05, 0.1) is 5.52 Å². The predicted octanol–water partition coefficient (Wildman–Crippen LogP) is 13.9. The third-order valence-corrected chi connectivity index (χ3v) is 12.1. The van der Waals surface area contributed by atoms with Crippen molar-refractivity contribution in [2.75, 3.05) is 0 Å². The predicted molar refractivity (Wildman–Crippen MR) is 211 cm³/mol. The monoisotopic (exact) mass is 659 g/mol. The van der Waals surface area contributed by atoms with E-state index in [9.17, 15) is 0 Å². The minimum absolute atomic E-state index is 0.821. The zero-order valence-electron chi connectivity index (χ0n) is 26.1. The van der Waals surface area contributed by atoms with E-state index in [1.165, 1.54) is 51.5 Å². The van der Waals surface area contributed by atoms with E-state index in [1.54, 1.807) is 0 Å². The second-order valence-corrected chi connectivity index (χ2v) is 14.9. The molecule has 0 unspecified atom stereocenters. The Hall–Kier alpha value is -5.81. The molecule has 0 spiro atoms. The van der Waals surface area contributed by atoms with Gasteiger partial charge in [-0.1, -0.05) is 84.9 Å². The summed E-state index contributed by atoms with van der Waals surface area (Å²) in [5, 5.41) is 8.51. The van der Waals surface area contributed by atoms with E-state index in [-0.39, 0.29) is 0 Å². The van der Waals surface area contributed by atoms with Crippen molar-refractivity contribution < 1.29 is 4.42 Å². The maximum Gasteiger partial charge on any atom is 0.162 e. The minimum atomic E-state index is 0.821. The van der Waals surface area contributed by atoms with Crippen LogP contribution in [0.2, 0.25) is 0 Å². The van der Waals surface area contributed by atoms with Crippen LogP contribution in [-0.4, -0.2) is 4.98 Å². The molecule has 11 aromatic rings. The minimum Gasteiger partial charge on any atom is -0.454 e. The summed E-state index contributed by atoms with van der Waals surface area (Å²) >= 11 is 3.70. The number of thiophene rings is 2. The lowest BCUT2D eigenvalue weighted by Crippen LogP contribution is -1.91. The number of hydrogen-bond donors (Lipinski definition) is 0. The van der Waals surface area contributed by atoms with Crippen LogP contribution in [0.25, 0.3) is 107 Å². The van der Waals surface area contributed by atoms with Crippen molar-refractivity contribution in [3.8, 4) is 33.5 Å². The highest BCUT2D eigenvalue weighted by molar-refractivity contribution is 7.26. The standard InChI is InChI=1S/C45H25NOS2/c1-5-13-37-33(11-1)43-34-12-2-6-14-38(34)47-45(43)44(46-37)30-22-28(26-17-19-41-35(24-26)31-9-3-7-15-39(31)48-41)21-29(23-30)27-18-20-42-36(25-27)32-10-4-8-16-40(32)49-42/h1-25H. The van der Waals surface area contributed by atoms with Crippen LogP contribution in [0.4, 0.5) is 0 Å². The third-order valence-electron chi connectivity index (χ3n) is 9.84. The Bertz CT molecular complexity index is 2990. The summed E-state index contributed by atoms with van der Waals surface area (Å²) in [5.41, 5.74) is 9.22. The first kappa shape index (κ1) is 27.2. The van der Waals surface area contributed by atoms with E-state index in [2.05, 4.69) is 146 Å². The lowest BCUT2D eigenvalue weighted by molar-refractivity contribution is 0.669. The molecule has 0 aliphatic heterocycles. The molecule has 0 amide bonds. The zero-order chi connectivity index (χ0) is 32.1. The Kier molecular flexibility index (Phi) is 5.74. The topological polar surface area (TPSA) is 26.0 Å². The molecule has 0 fully saturated rings. The molecule has 0 saturated heterocycles. The smallest absolute Gasteiger partial charge is 0.162 e. The maximum atomic E-state index is 6.67. The van der Waals surface area contributed by atoms with Crippen LogP contribution in [0.1, 0.15) is 0 Å². The van der Waals surface area contributed by atoms with Gasteiger partial charge in [-0.05, 0) is 89.0 Å². The summed E-state index contributed by atoms with van der Waals surface area (Å²) in [5.74, 6) is 0. The van der Waals surface area contributed by atoms with Crippen LogP contribution < -0.4 is 0 Å². The van der Waals surface area contributed by atoms with Crippen molar-refractivity contribution in [1.29, 1.82) is 0 Å². The van der Waals surface area contributed by atoms with Crippen LogP contribution in [0.5, 0.6) is 0 Å². The number of fused-ring (bicyclic) bond motifs is 11. The number of benzene rings is 7. The molecule has 49 heavy (non-hydrogen) atoms. The van der Waals surface area contributed by atoms with Crippen molar-refractivity contribution in [3.63, 3.8) is 0 Å². The molecule has 0 N–H and O–H groups in total. The van der Waals surface area contributed by atoms with Crippen LogP contribution in [0.15, 0.2) is 156 Å². The van der Waals surface area contributed by atoms with Crippen LogP contribution in [0, 0.1) is 0 Å². The van der Waals surface area contributed by atoms with Gasteiger partial charge in [-0.2, -0.15) is 0 Å². The van der Waals surface area contributed by atoms with Crippen molar-refractivity contribution in [3.05, 3.63) is 152 Å². The number of rotatable bonds is 3. The maximum absolute atomic E-state index is 6.67. The number of hydrogen-bond acceptors (Lipinski definition) is 4. The quantitative estimate of drug-likeness (QED) is 0.189. The number of nitrogens with zero attached hydrogens (tertiary/aromatic N) is 1. The van der Waals surface area contributed by atoms with Crippen molar-refractivity contribution in [1.82, 2.24) is 4.98 Å². The van der Waals surface area contributed by atoms with Crippen LogP contribution >= 0.6 is 22.7 Å². The van der Waals surface area contributed by atoms with Crippen LogP contribution in [-0.2, 0) is 0 Å². The van der Waals surface area contributed by atoms with E-state index in [0.717, 1.165) is 55.2 Å². The highest BCUT2D eigenvalue weighted by atomic mass is 32.1. The van der Waals surface area contributed by atoms with Gasteiger partial charge in [0.25, 0.3) is 0 Å². The van der Waals surface area contributed by atoms with Gasteiger partial charge in [0.15, 0.2) is 5.58 Å². The lowest BCUT2D eigenvalue weighted by Gasteiger charge is -2.13. The Balaban J connectivity index is 1.21. The fraction of sp³-hybridized carbons (Fsp3) is 0. The molecule has 4 heteroatoms. The average Bonchev–Trinajstić information content (AvgIpc) is 3.85. The molecule has 0 atom stereocenters. The lowest BCUT2D eigenvalue weighted by atomic mass is 9.93. The molecular weight excluding hydrogens is 635 g/mol. The molecular formula is C45H25NOS2. The fourth-order valence-electron chi connectivity index (χ4n) is 7.54. The molecule has 0 radical (unpaired) electrons. The normalized spacial score (nSPS) is 12.1.